The predicted octanol–water partition coefficient (Wildman–Crippen LogP) is 0.908. The van der Waals surface area contributed by atoms with Crippen LogP contribution in [0, 0.1) is 0 Å². The molecule has 0 amide bonds. The van der Waals surface area contributed by atoms with E-state index in [9.17, 15) is 0 Å². The number of rotatable bonds is 8. The van der Waals surface area contributed by atoms with Gasteiger partial charge in [-0.3, -0.25) is 9.89 Å². The number of hydrogen-bond acceptors (Lipinski definition) is 5. The summed E-state index contributed by atoms with van der Waals surface area (Å²) in [6, 6.07) is 0. The van der Waals surface area contributed by atoms with Crippen molar-refractivity contribution in [1.29, 1.82) is 0 Å². The standard InChI is InChI=1S/C19H40N6O.HI/c1-19(2,25-13-15-26-16-14-25)17-22-18(20-3)21-7-5-6-8-24-11-9-23(4)10-12-24;/h5-17H2,1-4H3,(H2,20,21,22);1H. The van der Waals surface area contributed by atoms with Crippen LogP contribution in [0.4, 0.5) is 0 Å². The molecule has 2 rings (SSSR count). The van der Waals surface area contributed by atoms with Crippen LogP contribution in [0.25, 0.3) is 0 Å². The van der Waals surface area contributed by atoms with Crippen molar-refractivity contribution in [2.45, 2.75) is 32.2 Å². The van der Waals surface area contributed by atoms with E-state index >= 15 is 0 Å². The molecule has 7 nitrogen and oxygen atoms in total. The molecule has 2 saturated heterocycles. The van der Waals surface area contributed by atoms with Crippen LogP contribution < -0.4 is 10.6 Å². The van der Waals surface area contributed by atoms with E-state index in [0.29, 0.717) is 0 Å². The van der Waals surface area contributed by atoms with Gasteiger partial charge in [0.2, 0.25) is 0 Å². The van der Waals surface area contributed by atoms with Crippen molar-refractivity contribution in [3.8, 4) is 0 Å². The second-order valence-electron chi connectivity index (χ2n) is 8.12. The van der Waals surface area contributed by atoms with Crippen LogP contribution in [-0.2, 0) is 4.74 Å². The zero-order valence-electron chi connectivity index (χ0n) is 17.8. The Labute approximate surface area is 183 Å². The van der Waals surface area contributed by atoms with Crippen LogP contribution in [0.2, 0.25) is 0 Å². The maximum atomic E-state index is 5.46. The Morgan fingerprint density at radius 1 is 1.00 bits per heavy atom. The molecule has 27 heavy (non-hydrogen) atoms. The average Bonchev–Trinajstić information content (AvgIpc) is 2.66. The van der Waals surface area contributed by atoms with Crippen molar-refractivity contribution in [3.05, 3.63) is 0 Å². The largest absolute Gasteiger partial charge is 0.379 e. The van der Waals surface area contributed by atoms with Gasteiger partial charge < -0.3 is 25.2 Å². The molecule has 2 fully saturated rings. The van der Waals surface area contributed by atoms with E-state index in [1.807, 2.05) is 7.05 Å². The minimum absolute atomic E-state index is 0. The second-order valence-corrected chi connectivity index (χ2v) is 8.12. The molecule has 0 radical (unpaired) electrons. The zero-order chi connectivity index (χ0) is 18.8. The fourth-order valence-corrected chi connectivity index (χ4v) is 3.54. The third-order valence-corrected chi connectivity index (χ3v) is 5.57. The molecule has 0 aromatic heterocycles. The molecule has 2 heterocycles. The number of morpholine rings is 1. The molecule has 0 aromatic rings. The topological polar surface area (TPSA) is 55.4 Å². The third kappa shape index (κ3) is 9.25. The van der Waals surface area contributed by atoms with Gasteiger partial charge in [-0.2, -0.15) is 0 Å². The zero-order valence-corrected chi connectivity index (χ0v) is 20.1. The number of ether oxygens (including phenoxy) is 1. The molecule has 0 aromatic carbocycles. The Morgan fingerprint density at radius 3 is 2.30 bits per heavy atom. The highest BCUT2D eigenvalue weighted by atomic mass is 127. The van der Waals surface area contributed by atoms with Gasteiger partial charge in [-0.1, -0.05) is 0 Å². The molecule has 0 aliphatic carbocycles. The first kappa shape index (κ1) is 24.9. The fourth-order valence-electron chi connectivity index (χ4n) is 3.54. The maximum absolute atomic E-state index is 5.46. The SMILES string of the molecule is CN=C(NCCCCN1CCN(C)CC1)NCC(C)(C)N1CCOCC1.I. The molecule has 8 heteroatoms. The number of guanidine groups is 1. The highest BCUT2D eigenvalue weighted by molar-refractivity contribution is 14.0. The van der Waals surface area contributed by atoms with Gasteiger partial charge in [-0.25, -0.2) is 0 Å². The fraction of sp³-hybridized carbons (Fsp3) is 0.947. The number of unbranched alkanes of at least 4 members (excludes halogenated alkanes) is 1. The number of nitrogens with one attached hydrogen (secondary N) is 2. The van der Waals surface area contributed by atoms with Crippen molar-refractivity contribution in [1.82, 2.24) is 25.3 Å². The lowest BCUT2D eigenvalue weighted by Gasteiger charge is -2.41. The number of aliphatic imine (C=N–C) groups is 1. The maximum Gasteiger partial charge on any atom is 0.191 e. The minimum Gasteiger partial charge on any atom is -0.379 e. The first-order valence-corrected chi connectivity index (χ1v) is 10.2. The van der Waals surface area contributed by atoms with Gasteiger partial charge in [-0.05, 0) is 40.3 Å². The van der Waals surface area contributed by atoms with Gasteiger partial charge >= 0.3 is 0 Å². The van der Waals surface area contributed by atoms with Gasteiger partial charge in [-0.15, -0.1) is 24.0 Å². The van der Waals surface area contributed by atoms with E-state index in [1.165, 1.54) is 45.6 Å². The molecule has 0 spiro atoms. The van der Waals surface area contributed by atoms with Crippen LogP contribution >= 0.6 is 24.0 Å². The molecule has 2 aliphatic rings. The molecule has 0 saturated carbocycles. The van der Waals surface area contributed by atoms with Crippen LogP contribution in [0.1, 0.15) is 26.7 Å². The molecular weight excluding hydrogens is 455 g/mol. The summed E-state index contributed by atoms with van der Waals surface area (Å²) in [5.41, 5.74) is 0.100. The summed E-state index contributed by atoms with van der Waals surface area (Å²) in [5, 5.41) is 6.95. The predicted molar refractivity (Wildman–Crippen MR) is 124 cm³/mol. The smallest absolute Gasteiger partial charge is 0.191 e. The van der Waals surface area contributed by atoms with E-state index in [1.54, 1.807) is 0 Å². The quantitative estimate of drug-likeness (QED) is 0.226. The summed E-state index contributed by atoms with van der Waals surface area (Å²) < 4.78 is 5.46. The summed E-state index contributed by atoms with van der Waals surface area (Å²) in [5.74, 6) is 0.908. The van der Waals surface area contributed by atoms with E-state index in [2.05, 4.69) is 51.2 Å². The van der Waals surface area contributed by atoms with E-state index in [4.69, 9.17) is 4.74 Å². The highest BCUT2D eigenvalue weighted by Crippen LogP contribution is 2.14. The molecule has 0 bridgehead atoms. The normalized spacial score (nSPS) is 21.0. The summed E-state index contributed by atoms with van der Waals surface area (Å²) in [7, 11) is 4.06. The molecule has 160 valence electrons. The Hall–Kier alpha value is -0.160. The van der Waals surface area contributed by atoms with Crippen LogP contribution in [-0.4, -0.2) is 112 Å². The lowest BCUT2D eigenvalue weighted by atomic mass is 10.0. The summed E-state index contributed by atoms with van der Waals surface area (Å²) in [6.07, 6.45) is 2.42. The van der Waals surface area contributed by atoms with Gasteiger partial charge in [0.05, 0.1) is 13.2 Å². The van der Waals surface area contributed by atoms with Crippen LogP contribution in [0.3, 0.4) is 0 Å². The molecule has 2 N–H and O–H groups in total. The van der Waals surface area contributed by atoms with Gasteiger partial charge in [0.1, 0.15) is 0 Å². The van der Waals surface area contributed by atoms with Gasteiger partial charge in [0, 0.05) is 64.9 Å². The van der Waals surface area contributed by atoms with Crippen molar-refractivity contribution in [2.24, 2.45) is 4.99 Å². The molecular formula is C19H41IN6O. The average molecular weight is 496 g/mol. The highest BCUT2D eigenvalue weighted by Gasteiger charge is 2.28. The Morgan fingerprint density at radius 2 is 1.67 bits per heavy atom. The lowest BCUT2D eigenvalue weighted by molar-refractivity contribution is -0.00833. The van der Waals surface area contributed by atoms with Crippen LogP contribution in [0.5, 0.6) is 0 Å². The number of likely N-dealkylation sites (N-methyl/N-ethyl adjacent to an activating group) is 1. The lowest BCUT2D eigenvalue weighted by Crippen LogP contribution is -2.56. The van der Waals surface area contributed by atoms with Crippen molar-refractivity contribution in [2.75, 3.05) is 86.2 Å². The van der Waals surface area contributed by atoms with E-state index in [-0.39, 0.29) is 29.5 Å². The third-order valence-electron chi connectivity index (χ3n) is 5.57. The van der Waals surface area contributed by atoms with Crippen LogP contribution in [0.15, 0.2) is 4.99 Å². The van der Waals surface area contributed by atoms with Gasteiger partial charge in [0.15, 0.2) is 5.96 Å². The van der Waals surface area contributed by atoms with Gasteiger partial charge in [0.25, 0.3) is 0 Å². The Bertz CT molecular complexity index is 420. The second kappa shape index (κ2) is 13.1. The summed E-state index contributed by atoms with van der Waals surface area (Å²) in [6.45, 7) is 16.2. The number of nitrogens with zero attached hydrogens (tertiary/aromatic N) is 4. The van der Waals surface area contributed by atoms with E-state index in [0.717, 1.165) is 45.4 Å². The van der Waals surface area contributed by atoms with Crippen molar-refractivity contribution >= 4 is 29.9 Å². The Kier molecular flexibility index (Phi) is 12.1. The first-order valence-electron chi connectivity index (χ1n) is 10.2. The number of halogens is 1. The Balaban J connectivity index is 0.00000364. The summed E-state index contributed by atoms with van der Waals surface area (Å²) >= 11 is 0. The molecule has 2 aliphatic heterocycles. The van der Waals surface area contributed by atoms with Crippen molar-refractivity contribution < 1.29 is 4.74 Å². The molecule has 0 unspecified atom stereocenters. The molecule has 0 atom stereocenters. The number of piperazine rings is 1. The first-order chi connectivity index (χ1) is 12.5. The monoisotopic (exact) mass is 496 g/mol. The number of hydrogen-bond donors (Lipinski definition) is 2. The summed E-state index contributed by atoms with van der Waals surface area (Å²) in [4.78, 5) is 11.9. The van der Waals surface area contributed by atoms with Crippen molar-refractivity contribution in [3.63, 3.8) is 0 Å². The van der Waals surface area contributed by atoms with E-state index < -0.39 is 0 Å². The minimum atomic E-state index is 0.